The molecule has 5 nitrogen and oxygen atoms in total. The quantitative estimate of drug-likeness (QED) is 0.581. The molecule has 1 aliphatic rings. The third-order valence-electron chi connectivity index (χ3n) is 3.91. The molecule has 0 bridgehead atoms. The highest BCUT2D eigenvalue weighted by Gasteiger charge is 2.47. The topological polar surface area (TPSA) is 52.6 Å². The summed E-state index contributed by atoms with van der Waals surface area (Å²) in [5.41, 5.74) is -0.0787. The zero-order valence-electron chi connectivity index (χ0n) is 13.8. The molecule has 1 unspecified atom stereocenters. The fraction of sp³-hybridized carbons (Fsp3) is 0.333. The summed E-state index contributed by atoms with van der Waals surface area (Å²) in [5, 5.41) is 3.41. The number of hydrogen-bond donors (Lipinski definition) is 1. The summed E-state index contributed by atoms with van der Waals surface area (Å²) in [7, 11) is 0. The van der Waals surface area contributed by atoms with Gasteiger partial charge in [-0.1, -0.05) is 35.9 Å². The van der Waals surface area contributed by atoms with Gasteiger partial charge in [-0.2, -0.15) is 0 Å². The van der Waals surface area contributed by atoms with Crippen LogP contribution >= 0.6 is 11.6 Å². The van der Waals surface area contributed by atoms with Crippen LogP contribution in [0.5, 0.6) is 0 Å². The lowest BCUT2D eigenvalue weighted by atomic mass is 9.93. The molecule has 0 aliphatic carbocycles. The van der Waals surface area contributed by atoms with Crippen LogP contribution in [-0.2, 0) is 11.2 Å². The van der Waals surface area contributed by atoms with E-state index in [0.717, 1.165) is 5.56 Å². The second kappa shape index (κ2) is 7.64. The zero-order valence-corrected chi connectivity index (χ0v) is 14.6. The second-order valence-electron chi connectivity index (χ2n) is 6.06. The van der Waals surface area contributed by atoms with E-state index in [9.17, 15) is 9.59 Å². The van der Waals surface area contributed by atoms with Crippen molar-refractivity contribution in [2.75, 3.05) is 19.8 Å². The Labute approximate surface area is 147 Å². The molecule has 0 radical (unpaired) electrons. The second-order valence-corrected chi connectivity index (χ2v) is 6.49. The minimum Gasteiger partial charge on any atom is -0.323 e. The van der Waals surface area contributed by atoms with Gasteiger partial charge in [0.15, 0.2) is 0 Å². The minimum atomic E-state index is -0.976. The number of benzene rings is 1. The molecule has 3 amide bonds. The van der Waals surface area contributed by atoms with Crippen LogP contribution in [0.4, 0.5) is 4.79 Å². The van der Waals surface area contributed by atoms with E-state index in [4.69, 9.17) is 11.6 Å². The number of rotatable bonds is 8. The molecule has 0 saturated carbocycles. The third kappa shape index (κ3) is 4.04. The van der Waals surface area contributed by atoms with Crippen LogP contribution in [0.15, 0.2) is 49.6 Å². The molecule has 1 aromatic rings. The van der Waals surface area contributed by atoms with Crippen molar-refractivity contribution in [3.05, 3.63) is 60.2 Å². The highest BCUT2D eigenvalue weighted by Crippen LogP contribution is 2.24. The van der Waals surface area contributed by atoms with Crippen molar-refractivity contribution < 1.29 is 9.59 Å². The van der Waals surface area contributed by atoms with Gasteiger partial charge in [0.2, 0.25) is 0 Å². The Hall–Kier alpha value is -2.11. The maximum atomic E-state index is 12.8. The maximum absolute atomic E-state index is 12.8. The van der Waals surface area contributed by atoms with E-state index in [0.29, 0.717) is 24.5 Å². The number of carbonyl (C=O) groups excluding carboxylic acids is 2. The normalized spacial score (nSPS) is 20.4. The zero-order chi connectivity index (χ0) is 17.7. The molecule has 6 heteroatoms. The molecular weight excluding hydrogens is 326 g/mol. The highest BCUT2D eigenvalue weighted by atomic mass is 35.5. The lowest BCUT2D eigenvalue weighted by molar-refractivity contribution is -0.132. The Morgan fingerprint density at radius 2 is 1.96 bits per heavy atom. The van der Waals surface area contributed by atoms with E-state index in [1.807, 2.05) is 17.0 Å². The first kappa shape index (κ1) is 18.2. The van der Waals surface area contributed by atoms with E-state index in [-0.39, 0.29) is 18.6 Å². The van der Waals surface area contributed by atoms with Gasteiger partial charge < -0.3 is 5.32 Å². The van der Waals surface area contributed by atoms with Crippen molar-refractivity contribution in [2.24, 2.45) is 0 Å². The average Bonchev–Trinajstić information content (AvgIpc) is 2.71. The van der Waals surface area contributed by atoms with Crippen molar-refractivity contribution in [3.63, 3.8) is 0 Å². The number of nitrogens with zero attached hydrogens (tertiary/aromatic N) is 2. The Kier molecular flexibility index (Phi) is 5.80. The third-order valence-corrected chi connectivity index (χ3v) is 4.14. The molecule has 1 fully saturated rings. The Balaban J connectivity index is 2.14. The van der Waals surface area contributed by atoms with Gasteiger partial charge in [-0.25, -0.2) is 9.69 Å². The summed E-state index contributed by atoms with van der Waals surface area (Å²) in [6, 6.07) is 6.91. The molecule has 24 heavy (non-hydrogen) atoms. The predicted molar refractivity (Wildman–Crippen MR) is 95.8 cm³/mol. The van der Waals surface area contributed by atoms with E-state index >= 15 is 0 Å². The molecule has 1 atom stereocenters. The number of amides is 3. The molecule has 1 heterocycles. The molecule has 0 aromatic heterocycles. The fourth-order valence-electron chi connectivity index (χ4n) is 2.81. The van der Waals surface area contributed by atoms with Crippen LogP contribution in [0.1, 0.15) is 12.5 Å². The number of hydrogen-bond acceptors (Lipinski definition) is 3. The van der Waals surface area contributed by atoms with Gasteiger partial charge >= 0.3 is 6.03 Å². The number of urea groups is 1. The van der Waals surface area contributed by atoms with E-state index < -0.39 is 5.54 Å². The van der Waals surface area contributed by atoms with Gasteiger partial charge in [0.05, 0.1) is 6.67 Å². The maximum Gasteiger partial charge on any atom is 0.326 e. The first-order chi connectivity index (χ1) is 11.4. The lowest BCUT2D eigenvalue weighted by Gasteiger charge is -2.25. The van der Waals surface area contributed by atoms with Crippen molar-refractivity contribution in [2.45, 2.75) is 18.9 Å². The largest absolute Gasteiger partial charge is 0.326 e. The summed E-state index contributed by atoms with van der Waals surface area (Å²) < 4.78 is 0. The van der Waals surface area contributed by atoms with E-state index in [2.05, 4.69) is 18.5 Å². The van der Waals surface area contributed by atoms with Gasteiger partial charge in [-0.3, -0.25) is 9.69 Å². The molecular formula is C18H22ClN3O2. The van der Waals surface area contributed by atoms with Gasteiger partial charge in [-0.15, -0.1) is 13.2 Å². The van der Waals surface area contributed by atoms with Crippen molar-refractivity contribution in [1.29, 1.82) is 0 Å². The summed E-state index contributed by atoms with van der Waals surface area (Å²) in [6.07, 6.45) is 3.85. The average molecular weight is 348 g/mol. The molecule has 1 saturated heterocycles. The van der Waals surface area contributed by atoms with Gasteiger partial charge in [0, 0.05) is 24.5 Å². The van der Waals surface area contributed by atoms with Crippen LogP contribution in [0.25, 0.3) is 0 Å². The summed E-state index contributed by atoms with van der Waals surface area (Å²) in [4.78, 5) is 28.2. The number of imide groups is 1. The van der Waals surface area contributed by atoms with Crippen molar-refractivity contribution >= 4 is 23.5 Å². The molecule has 2 rings (SSSR count). The minimum absolute atomic E-state index is 0.202. The fourth-order valence-corrected chi connectivity index (χ4v) is 3.02. The molecule has 0 spiro atoms. The van der Waals surface area contributed by atoms with E-state index in [1.165, 1.54) is 4.90 Å². The van der Waals surface area contributed by atoms with Crippen LogP contribution in [0.2, 0.25) is 5.02 Å². The van der Waals surface area contributed by atoms with Gasteiger partial charge in [-0.05, 0) is 24.6 Å². The Morgan fingerprint density at radius 1 is 1.29 bits per heavy atom. The Morgan fingerprint density at radius 3 is 2.54 bits per heavy atom. The van der Waals surface area contributed by atoms with Crippen LogP contribution in [-0.4, -0.2) is 47.0 Å². The van der Waals surface area contributed by atoms with Gasteiger partial charge in [0.25, 0.3) is 5.91 Å². The first-order valence-corrected chi connectivity index (χ1v) is 8.10. The van der Waals surface area contributed by atoms with Crippen molar-refractivity contribution in [1.82, 2.24) is 15.1 Å². The number of halogens is 1. The lowest BCUT2D eigenvalue weighted by Crippen LogP contribution is -2.47. The monoisotopic (exact) mass is 347 g/mol. The standard InChI is InChI=1S/C18H22ClN3O2/c1-4-9-21(10-5-2)13-22-16(23)18(3,20-17(22)24)12-14-7-6-8-15(19)11-14/h4-8,11H,1-2,9-10,12-13H2,3H3,(H,20,24). The molecule has 1 N–H and O–H groups in total. The first-order valence-electron chi connectivity index (χ1n) is 7.72. The molecule has 128 valence electrons. The molecule has 1 aliphatic heterocycles. The van der Waals surface area contributed by atoms with E-state index in [1.54, 1.807) is 31.2 Å². The van der Waals surface area contributed by atoms with Crippen LogP contribution < -0.4 is 5.32 Å². The SMILES string of the molecule is C=CCN(CC=C)CN1C(=O)NC(C)(Cc2cccc(Cl)c2)C1=O. The number of carbonyl (C=O) groups is 2. The predicted octanol–water partition coefficient (Wildman–Crippen LogP) is 2.82. The number of nitrogens with one attached hydrogen (secondary N) is 1. The van der Waals surface area contributed by atoms with Gasteiger partial charge in [0.1, 0.15) is 5.54 Å². The summed E-state index contributed by atoms with van der Waals surface area (Å²) in [5.74, 6) is -0.245. The van der Waals surface area contributed by atoms with Crippen LogP contribution in [0.3, 0.4) is 0 Å². The summed E-state index contributed by atoms with van der Waals surface area (Å²) >= 11 is 6.00. The highest BCUT2D eigenvalue weighted by molar-refractivity contribution is 6.30. The van der Waals surface area contributed by atoms with Crippen molar-refractivity contribution in [3.8, 4) is 0 Å². The smallest absolute Gasteiger partial charge is 0.323 e. The molecule has 1 aromatic carbocycles. The van der Waals surface area contributed by atoms with Crippen LogP contribution in [0, 0.1) is 0 Å². The Bertz CT molecular complexity index is 651. The summed E-state index contributed by atoms with van der Waals surface area (Å²) in [6.45, 7) is 10.5.